The summed E-state index contributed by atoms with van der Waals surface area (Å²) in [6, 6.07) is 0. The van der Waals surface area contributed by atoms with Gasteiger partial charge in [0.15, 0.2) is 0 Å². The molecule has 2 aliphatic rings. The van der Waals surface area contributed by atoms with Crippen molar-refractivity contribution in [2.45, 2.75) is 61.8 Å². The number of hydrogen-bond donors (Lipinski definition) is 0. The van der Waals surface area contributed by atoms with Crippen LogP contribution in [0.2, 0.25) is 0 Å². The molecule has 0 amide bonds. The fourth-order valence-electron chi connectivity index (χ4n) is 5.14. The van der Waals surface area contributed by atoms with Crippen LogP contribution >= 0.6 is 0 Å². The Bertz CT molecular complexity index is 259. The summed E-state index contributed by atoms with van der Waals surface area (Å²) >= 11 is 0. The molecule has 0 heterocycles. The van der Waals surface area contributed by atoms with Gasteiger partial charge in [-0.25, -0.2) is 0 Å². The first kappa shape index (κ1) is 22.2. The zero-order valence-electron chi connectivity index (χ0n) is 16.3. The Morgan fingerprint density at radius 1 is 0.571 bits per heavy atom. The second-order valence-corrected chi connectivity index (χ2v) is 7.92. The van der Waals surface area contributed by atoms with Crippen LogP contribution in [0, 0.1) is 59.2 Å². The zero-order chi connectivity index (χ0) is 14.5. The van der Waals surface area contributed by atoms with Gasteiger partial charge >= 0.3 is 37.7 Å². The molecule has 0 saturated heterocycles. The van der Waals surface area contributed by atoms with Crippen molar-refractivity contribution in [1.29, 1.82) is 0 Å². The minimum Gasteiger partial charge on any atom is -0.311 e. The third-order valence-electron chi connectivity index (χ3n) is 7.63. The molecule has 2 saturated carbocycles. The molecule has 0 bridgehead atoms. The Hall–Kier alpha value is 1.19. The third-order valence-corrected chi connectivity index (χ3v) is 7.63. The average Bonchev–Trinajstić information content (AvgIpc) is 2.68. The molecule has 8 unspecified atom stereocenters. The van der Waals surface area contributed by atoms with Crippen molar-refractivity contribution in [3.05, 3.63) is 11.8 Å². The van der Waals surface area contributed by atoms with Crippen LogP contribution in [0.25, 0.3) is 0 Å². The number of hydrogen-bond acceptors (Lipinski definition) is 0. The van der Waals surface area contributed by atoms with Crippen molar-refractivity contribution in [3.63, 3.8) is 0 Å². The van der Waals surface area contributed by atoms with E-state index in [9.17, 15) is 0 Å². The molecule has 0 spiro atoms. The SMILES string of the molecule is C[C-]1C(C)C(C)C(CC2C(C)[C-](C)C(C)C2C)C1C.[Li+].[Li+]. The van der Waals surface area contributed by atoms with Gasteiger partial charge in [-0.3, -0.25) is 0 Å². The Morgan fingerprint density at radius 3 is 1.05 bits per heavy atom. The first-order chi connectivity index (χ1) is 8.77. The third kappa shape index (κ3) is 3.82. The van der Waals surface area contributed by atoms with Crippen molar-refractivity contribution in [2.24, 2.45) is 47.3 Å². The molecule has 2 aliphatic carbocycles. The van der Waals surface area contributed by atoms with E-state index in [0.29, 0.717) is 0 Å². The van der Waals surface area contributed by atoms with Crippen LogP contribution < -0.4 is 37.7 Å². The molecule has 8 atom stereocenters. The molecule has 2 rings (SSSR count). The molecular weight excluding hydrogens is 242 g/mol. The van der Waals surface area contributed by atoms with E-state index < -0.39 is 0 Å². The average molecular weight is 276 g/mol. The Morgan fingerprint density at radius 2 is 0.857 bits per heavy atom. The summed E-state index contributed by atoms with van der Waals surface area (Å²) in [6.07, 6.45) is 1.45. The summed E-state index contributed by atoms with van der Waals surface area (Å²) in [5.41, 5.74) is 0. The quantitative estimate of drug-likeness (QED) is 0.478. The van der Waals surface area contributed by atoms with Crippen LogP contribution in [0.5, 0.6) is 0 Å². The predicted molar refractivity (Wildman–Crippen MR) is 84.4 cm³/mol. The van der Waals surface area contributed by atoms with Crippen LogP contribution in [-0.2, 0) is 0 Å². The molecule has 0 aromatic carbocycles. The van der Waals surface area contributed by atoms with Crippen molar-refractivity contribution in [1.82, 2.24) is 0 Å². The summed E-state index contributed by atoms with van der Waals surface area (Å²) in [6.45, 7) is 19.6. The van der Waals surface area contributed by atoms with Gasteiger partial charge in [0.25, 0.3) is 0 Å². The Kier molecular flexibility index (Phi) is 8.81. The van der Waals surface area contributed by atoms with Crippen LogP contribution in [0.15, 0.2) is 0 Å². The van der Waals surface area contributed by atoms with Gasteiger partial charge in [0, 0.05) is 0 Å². The molecule has 0 aliphatic heterocycles. The van der Waals surface area contributed by atoms with Crippen molar-refractivity contribution >= 4 is 0 Å². The maximum Gasteiger partial charge on any atom is 1.00 e. The summed E-state index contributed by atoms with van der Waals surface area (Å²) < 4.78 is 0. The van der Waals surface area contributed by atoms with E-state index in [1.54, 1.807) is 11.8 Å². The van der Waals surface area contributed by atoms with E-state index in [0.717, 1.165) is 47.3 Å². The molecule has 2 fully saturated rings. The Balaban J connectivity index is 0.00000200. The molecule has 0 nitrogen and oxygen atoms in total. The van der Waals surface area contributed by atoms with E-state index in [1.807, 2.05) is 0 Å². The smallest absolute Gasteiger partial charge is 0.311 e. The van der Waals surface area contributed by atoms with Gasteiger partial charge in [-0.05, 0) is 0 Å². The number of rotatable bonds is 2. The largest absolute Gasteiger partial charge is 1.00 e. The van der Waals surface area contributed by atoms with E-state index in [1.165, 1.54) is 6.42 Å². The van der Waals surface area contributed by atoms with Gasteiger partial charge in [0.2, 0.25) is 0 Å². The van der Waals surface area contributed by atoms with Crippen LogP contribution in [0.1, 0.15) is 61.8 Å². The topological polar surface area (TPSA) is 0 Å². The van der Waals surface area contributed by atoms with Gasteiger partial charge < -0.3 is 11.8 Å². The normalized spacial score (nSPS) is 48.0. The zero-order valence-corrected chi connectivity index (χ0v) is 16.3. The van der Waals surface area contributed by atoms with Crippen LogP contribution in [0.4, 0.5) is 0 Å². The molecule has 112 valence electrons. The van der Waals surface area contributed by atoms with Gasteiger partial charge in [-0.15, -0.1) is 0 Å². The monoisotopic (exact) mass is 276 g/mol. The van der Waals surface area contributed by atoms with E-state index in [2.05, 4.69) is 55.4 Å². The van der Waals surface area contributed by atoms with Gasteiger partial charge in [-0.1, -0.05) is 71.6 Å². The van der Waals surface area contributed by atoms with E-state index in [4.69, 9.17) is 0 Å². The molecule has 2 heteroatoms. The van der Waals surface area contributed by atoms with Crippen molar-refractivity contribution in [3.8, 4) is 0 Å². The molecule has 0 aromatic rings. The second-order valence-electron chi connectivity index (χ2n) is 7.92. The Labute approximate surface area is 158 Å². The summed E-state index contributed by atoms with van der Waals surface area (Å²) in [7, 11) is 0. The second kappa shape index (κ2) is 8.34. The summed E-state index contributed by atoms with van der Waals surface area (Å²) in [5.74, 6) is 10.4. The first-order valence-electron chi connectivity index (χ1n) is 8.44. The standard InChI is InChI=1S/C19H34.2Li/c1-10-11(2)15(6)18(14(10)5)9-19-16(7)12(3)13(4)17(19)8;;/h10,12,14-19H,9H2,1-8H3;;/q-2;2*+1. The van der Waals surface area contributed by atoms with E-state index in [-0.39, 0.29) is 37.7 Å². The predicted octanol–water partition coefficient (Wildman–Crippen LogP) is -0.351. The maximum atomic E-state index is 2.49. The molecule has 21 heavy (non-hydrogen) atoms. The molecule has 0 radical (unpaired) electrons. The van der Waals surface area contributed by atoms with Crippen molar-refractivity contribution < 1.29 is 37.7 Å². The minimum atomic E-state index is 0. The van der Waals surface area contributed by atoms with Gasteiger partial charge in [0.05, 0.1) is 0 Å². The van der Waals surface area contributed by atoms with E-state index >= 15 is 0 Å². The summed E-state index contributed by atoms with van der Waals surface area (Å²) in [4.78, 5) is 0. The molecule has 0 aromatic heterocycles. The van der Waals surface area contributed by atoms with Gasteiger partial charge in [0.1, 0.15) is 0 Å². The minimum absolute atomic E-state index is 0. The van der Waals surface area contributed by atoms with Crippen LogP contribution in [0.3, 0.4) is 0 Å². The van der Waals surface area contributed by atoms with Crippen LogP contribution in [-0.4, -0.2) is 0 Å². The summed E-state index contributed by atoms with van der Waals surface area (Å²) in [5, 5.41) is 0. The molecule has 0 N–H and O–H groups in total. The molecular formula is C19H34Li2. The fourth-order valence-corrected chi connectivity index (χ4v) is 5.14. The first-order valence-corrected chi connectivity index (χ1v) is 8.44. The fraction of sp³-hybridized carbons (Fsp3) is 0.895. The van der Waals surface area contributed by atoms with Crippen molar-refractivity contribution in [2.75, 3.05) is 0 Å². The van der Waals surface area contributed by atoms with Gasteiger partial charge in [-0.2, -0.15) is 37.5 Å². The maximum absolute atomic E-state index is 2.49.